The molecule has 2 rings (SSSR count). The van der Waals surface area contributed by atoms with E-state index in [2.05, 4.69) is 26.1 Å². The molecule has 78 valence electrons. The molecule has 0 atom stereocenters. The quantitative estimate of drug-likeness (QED) is 0.873. The summed E-state index contributed by atoms with van der Waals surface area (Å²) in [7, 11) is 0. The molecule has 1 N–H and O–H groups in total. The van der Waals surface area contributed by atoms with Gasteiger partial charge in [0.1, 0.15) is 0 Å². The normalized spacial score (nSPS) is 9.40. The maximum absolute atomic E-state index is 10.8. The number of aromatic nitrogens is 2. The fourth-order valence-corrected chi connectivity index (χ4v) is 1.55. The molecular weight excluding hydrogens is 324 g/mol. The molecule has 0 unspecified atom stereocenters. The van der Waals surface area contributed by atoms with Crippen LogP contribution < -0.4 is 5.56 Å². The van der Waals surface area contributed by atoms with Crippen LogP contribution in [0.4, 0.5) is 0 Å². The van der Waals surface area contributed by atoms with Crippen LogP contribution in [0.15, 0.2) is 45.7 Å². The zero-order valence-electron chi connectivity index (χ0n) is 7.61. The molecule has 1 aromatic carbocycles. The average molecular weight is 332 g/mol. The van der Waals surface area contributed by atoms with E-state index in [1.54, 1.807) is 6.07 Å². The smallest absolute Gasteiger partial charge is 0.264 e. The molecule has 5 heteroatoms. The van der Waals surface area contributed by atoms with E-state index in [1.165, 1.54) is 6.07 Å². The third-order valence-corrected chi connectivity index (χ3v) is 2.29. The van der Waals surface area contributed by atoms with Crippen molar-refractivity contribution in [2.45, 2.75) is 0 Å². The summed E-state index contributed by atoms with van der Waals surface area (Å²) in [5.41, 5.74) is 1.53. The van der Waals surface area contributed by atoms with Gasteiger partial charge in [0.2, 0.25) is 0 Å². The van der Waals surface area contributed by atoms with Gasteiger partial charge in [0.25, 0.3) is 5.56 Å². The molecule has 0 fully saturated rings. The molecule has 0 saturated carbocycles. The monoisotopic (exact) mass is 330 g/mol. The second-order valence-electron chi connectivity index (χ2n) is 2.82. The van der Waals surface area contributed by atoms with Crippen LogP contribution in [0.25, 0.3) is 11.3 Å². The number of hydrogen-bond donors (Lipinski definition) is 1. The van der Waals surface area contributed by atoms with Crippen molar-refractivity contribution in [1.82, 2.24) is 10.2 Å². The van der Waals surface area contributed by atoms with E-state index >= 15 is 0 Å². The van der Waals surface area contributed by atoms with Crippen LogP contribution in [0.5, 0.6) is 0 Å². The second kappa shape index (κ2) is 5.23. The van der Waals surface area contributed by atoms with Gasteiger partial charge < -0.3 is 0 Å². The van der Waals surface area contributed by atoms with Crippen molar-refractivity contribution < 1.29 is 0 Å². The van der Waals surface area contributed by atoms with Gasteiger partial charge in [-0.05, 0) is 18.2 Å². The largest absolute Gasteiger partial charge is 0.268 e. The van der Waals surface area contributed by atoms with Crippen molar-refractivity contribution in [1.29, 1.82) is 0 Å². The maximum Gasteiger partial charge on any atom is 0.264 e. The topological polar surface area (TPSA) is 45.8 Å². The predicted molar refractivity (Wildman–Crippen MR) is 68.3 cm³/mol. The number of halogens is 2. The number of H-pyrrole nitrogens is 1. The minimum absolute atomic E-state index is 0. The number of nitrogens with one attached hydrogen (secondary N) is 1. The number of nitrogens with zero attached hydrogens (tertiary/aromatic N) is 1. The summed E-state index contributed by atoms with van der Waals surface area (Å²) in [6.07, 6.45) is 0. The Morgan fingerprint density at radius 2 is 2.00 bits per heavy atom. The lowest BCUT2D eigenvalue weighted by molar-refractivity contribution is 0.995. The van der Waals surface area contributed by atoms with Crippen LogP contribution in [0.3, 0.4) is 0 Å². The third-order valence-electron chi connectivity index (χ3n) is 1.80. The molecule has 0 saturated heterocycles. The van der Waals surface area contributed by atoms with Gasteiger partial charge in [0, 0.05) is 16.1 Å². The minimum Gasteiger partial charge on any atom is -0.268 e. The van der Waals surface area contributed by atoms with Gasteiger partial charge in [-0.25, -0.2) is 5.10 Å². The summed E-state index contributed by atoms with van der Waals surface area (Å²) in [5.74, 6) is 0. The molecule has 2 aromatic rings. The molecule has 1 heterocycles. The molecule has 0 radical (unpaired) electrons. The minimum atomic E-state index is -0.191. The van der Waals surface area contributed by atoms with E-state index in [0.717, 1.165) is 15.7 Å². The molecule has 0 spiro atoms. The van der Waals surface area contributed by atoms with Crippen molar-refractivity contribution >= 4 is 32.9 Å². The first-order chi connectivity index (χ1) is 6.75. The Morgan fingerprint density at radius 1 is 1.20 bits per heavy atom. The van der Waals surface area contributed by atoms with Crippen LogP contribution in [-0.4, -0.2) is 10.2 Å². The van der Waals surface area contributed by atoms with E-state index in [4.69, 9.17) is 0 Å². The first-order valence-corrected chi connectivity index (χ1v) is 4.87. The van der Waals surface area contributed by atoms with Gasteiger partial charge in [-0.15, -0.1) is 17.0 Å². The third kappa shape index (κ3) is 3.00. The number of benzene rings is 1. The lowest BCUT2D eigenvalue weighted by atomic mass is 10.1. The van der Waals surface area contributed by atoms with E-state index in [0.29, 0.717) is 0 Å². The van der Waals surface area contributed by atoms with Crippen LogP contribution in [0.2, 0.25) is 0 Å². The highest BCUT2D eigenvalue weighted by molar-refractivity contribution is 9.10. The van der Waals surface area contributed by atoms with E-state index < -0.39 is 0 Å². The summed E-state index contributed by atoms with van der Waals surface area (Å²) >= 11 is 3.37. The Labute approximate surface area is 105 Å². The van der Waals surface area contributed by atoms with Crippen LogP contribution in [-0.2, 0) is 0 Å². The Morgan fingerprint density at radius 3 is 2.60 bits per heavy atom. The molecule has 1 aromatic heterocycles. The van der Waals surface area contributed by atoms with E-state index in [-0.39, 0.29) is 22.5 Å². The molecule has 0 aliphatic carbocycles. The van der Waals surface area contributed by atoms with Crippen LogP contribution in [0, 0.1) is 0 Å². The van der Waals surface area contributed by atoms with Crippen molar-refractivity contribution in [3.05, 3.63) is 51.2 Å². The average Bonchev–Trinajstić information content (AvgIpc) is 2.19. The maximum atomic E-state index is 10.8. The van der Waals surface area contributed by atoms with Gasteiger partial charge in [-0.2, -0.15) is 5.10 Å². The van der Waals surface area contributed by atoms with Gasteiger partial charge in [-0.3, -0.25) is 4.79 Å². The lowest BCUT2D eigenvalue weighted by Gasteiger charge is -1.99. The first kappa shape index (κ1) is 12.1. The summed E-state index contributed by atoms with van der Waals surface area (Å²) in [6, 6.07) is 10.9. The van der Waals surface area contributed by atoms with Crippen molar-refractivity contribution in [3.63, 3.8) is 0 Å². The van der Waals surface area contributed by atoms with Gasteiger partial charge in [0.05, 0.1) is 5.69 Å². The molecule has 3 nitrogen and oxygen atoms in total. The lowest BCUT2D eigenvalue weighted by Crippen LogP contribution is -2.05. The molecule has 0 aliphatic heterocycles. The fourth-order valence-electron chi connectivity index (χ4n) is 1.15. The number of aromatic amines is 1. The SMILES string of the molecule is Br.O=c1ccc(-c2cccc(Br)c2)n[nH]1. The first-order valence-electron chi connectivity index (χ1n) is 4.07. The summed E-state index contributed by atoms with van der Waals surface area (Å²) in [4.78, 5) is 10.8. The number of rotatable bonds is 1. The zero-order valence-corrected chi connectivity index (χ0v) is 10.9. The Balaban J connectivity index is 0.00000112. The van der Waals surface area contributed by atoms with Crippen molar-refractivity contribution in [2.75, 3.05) is 0 Å². The van der Waals surface area contributed by atoms with Gasteiger partial charge in [-0.1, -0.05) is 28.1 Å². The molecule has 0 aliphatic rings. The molecular formula is C10H8Br2N2O. The van der Waals surface area contributed by atoms with Crippen LogP contribution >= 0.6 is 32.9 Å². The highest BCUT2D eigenvalue weighted by atomic mass is 79.9. The Bertz CT molecular complexity index is 490. The Kier molecular flexibility index (Phi) is 4.23. The van der Waals surface area contributed by atoms with E-state index in [1.807, 2.05) is 24.3 Å². The van der Waals surface area contributed by atoms with Crippen molar-refractivity contribution in [3.8, 4) is 11.3 Å². The molecule has 0 amide bonds. The predicted octanol–water partition coefficient (Wildman–Crippen LogP) is 2.78. The molecule has 0 bridgehead atoms. The van der Waals surface area contributed by atoms with Gasteiger partial charge >= 0.3 is 0 Å². The highest BCUT2D eigenvalue weighted by Gasteiger charge is 1.98. The zero-order chi connectivity index (χ0) is 9.97. The second-order valence-corrected chi connectivity index (χ2v) is 3.73. The fraction of sp³-hybridized carbons (Fsp3) is 0. The summed E-state index contributed by atoms with van der Waals surface area (Å²) < 4.78 is 0.989. The Hall–Kier alpha value is -0.940. The summed E-state index contributed by atoms with van der Waals surface area (Å²) in [5, 5.41) is 6.33. The molecule has 15 heavy (non-hydrogen) atoms. The highest BCUT2D eigenvalue weighted by Crippen LogP contribution is 2.19. The standard InChI is InChI=1S/C10H7BrN2O.BrH/c11-8-3-1-2-7(6-8)9-4-5-10(14)13-12-9;/h1-6H,(H,13,14);1H. The van der Waals surface area contributed by atoms with Crippen molar-refractivity contribution in [2.24, 2.45) is 0 Å². The summed E-state index contributed by atoms with van der Waals surface area (Å²) in [6.45, 7) is 0. The number of hydrogen-bond acceptors (Lipinski definition) is 2. The van der Waals surface area contributed by atoms with E-state index in [9.17, 15) is 4.79 Å². The van der Waals surface area contributed by atoms with Gasteiger partial charge in [0.15, 0.2) is 0 Å². The van der Waals surface area contributed by atoms with Crippen LogP contribution in [0.1, 0.15) is 0 Å².